The van der Waals surface area contributed by atoms with E-state index in [1.54, 1.807) is 19.1 Å². The Kier molecular flexibility index (Phi) is 9.55. The molecule has 182 valence electrons. The molecule has 0 aromatic heterocycles. The molecule has 0 bridgehead atoms. The first-order valence-corrected chi connectivity index (χ1v) is 12.6. The molecule has 2 atom stereocenters. The van der Waals surface area contributed by atoms with Crippen molar-refractivity contribution in [1.29, 1.82) is 0 Å². The van der Waals surface area contributed by atoms with Crippen LogP contribution < -0.4 is 4.72 Å². The number of hydrogen-bond donors (Lipinski definition) is 1. The summed E-state index contributed by atoms with van der Waals surface area (Å²) in [5.74, 6) is -1.78. The zero-order valence-electron chi connectivity index (χ0n) is 20.2. The number of carbonyl (C=O) groups excluding carboxylic acids is 1. The summed E-state index contributed by atoms with van der Waals surface area (Å²) in [6.07, 6.45) is 1.85. The quantitative estimate of drug-likeness (QED) is 0.375. The molecular formula is C24H38FNO5S. The highest BCUT2D eigenvalue weighted by molar-refractivity contribution is 7.90. The minimum Gasteiger partial charge on any atom is -0.598 e. The van der Waals surface area contributed by atoms with Crippen LogP contribution in [0.5, 0.6) is 0 Å². The highest BCUT2D eigenvalue weighted by atomic mass is 32.2. The maximum Gasteiger partial charge on any atom is 0.313 e. The summed E-state index contributed by atoms with van der Waals surface area (Å²) in [6.45, 7) is 12.4. The van der Waals surface area contributed by atoms with E-state index in [0.29, 0.717) is 44.5 Å². The second-order valence-electron chi connectivity index (χ2n) is 9.13. The lowest BCUT2D eigenvalue weighted by Gasteiger charge is -2.40. The molecule has 0 radical (unpaired) electrons. The molecule has 1 aromatic carbocycles. The van der Waals surface area contributed by atoms with Gasteiger partial charge >= 0.3 is 5.97 Å². The Labute approximate surface area is 194 Å². The van der Waals surface area contributed by atoms with Crippen molar-refractivity contribution in [2.24, 2.45) is 5.41 Å². The van der Waals surface area contributed by atoms with E-state index in [1.807, 2.05) is 34.6 Å². The highest BCUT2D eigenvalue weighted by Crippen LogP contribution is 2.41. The van der Waals surface area contributed by atoms with Crippen molar-refractivity contribution in [2.45, 2.75) is 83.8 Å². The van der Waals surface area contributed by atoms with Gasteiger partial charge in [-0.05, 0) is 59.1 Å². The summed E-state index contributed by atoms with van der Waals surface area (Å²) >= 11 is -1.40. The Bertz CT molecular complexity index is 744. The van der Waals surface area contributed by atoms with E-state index >= 15 is 0 Å². The van der Waals surface area contributed by atoms with Crippen molar-refractivity contribution >= 4 is 17.3 Å². The maximum absolute atomic E-state index is 14.0. The van der Waals surface area contributed by atoms with Crippen LogP contribution in [0.25, 0.3) is 0 Å². The van der Waals surface area contributed by atoms with Gasteiger partial charge in [-0.1, -0.05) is 26.0 Å². The Balaban J connectivity index is 2.39. The molecule has 0 saturated carbocycles. The van der Waals surface area contributed by atoms with Crippen LogP contribution >= 0.6 is 0 Å². The van der Waals surface area contributed by atoms with Gasteiger partial charge in [0, 0.05) is 23.3 Å². The molecule has 2 rings (SSSR count). The van der Waals surface area contributed by atoms with E-state index in [9.17, 15) is 13.7 Å². The summed E-state index contributed by atoms with van der Waals surface area (Å²) in [4.78, 5) is 13.1. The van der Waals surface area contributed by atoms with Gasteiger partial charge in [-0.25, -0.2) is 4.39 Å². The molecule has 8 heteroatoms. The lowest BCUT2D eigenvalue weighted by molar-refractivity contribution is -0.176. The summed E-state index contributed by atoms with van der Waals surface area (Å²) in [5, 5.41) is 0. The third kappa shape index (κ3) is 6.03. The van der Waals surface area contributed by atoms with Crippen LogP contribution in [0, 0.1) is 11.2 Å². The topological polar surface area (TPSA) is 79.9 Å². The minimum absolute atomic E-state index is 0.273. The van der Waals surface area contributed by atoms with Gasteiger partial charge in [-0.3, -0.25) is 4.79 Å². The number of ether oxygens (including phenoxy) is 3. The van der Waals surface area contributed by atoms with Crippen molar-refractivity contribution < 1.29 is 27.9 Å². The molecule has 1 N–H and O–H groups in total. The molecule has 1 aliphatic heterocycles. The molecule has 1 unspecified atom stereocenters. The summed E-state index contributed by atoms with van der Waals surface area (Å²) in [6, 6.07) is 5.75. The lowest BCUT2D eigenvalue weighted by atomic mass is 9.73. The van der Waals surface area contributed by atoms with Crippen LogP contribution in [0.1, 0.15) is 72.8 Å². The van der Waals surface area contributed by atoms with E-state index in [-0.39, 0.29) is 18.4 Å². The predicted molar refractivity (Wildman–Crippen MR) is 124 cm³/mol. The van der Waals surface area contributed by atoms with E-state index in [1.165, 1.54) is 12.1 Å². The van der Waals surface area contributed by atoms with Gasteiger partial charge in [-0.15, -0.1) is 4.72 Å². The van der Waals surface area contributed by atoms with Gasteiger partial charge in [0.25, 0.3) is 0 Å². The molecule has 0 amide bonds. The largest absolute Gasteiger partial charge is 0.598 e. The Morgan fingerprint density at radius 3 is 2.38 bits per heavy atom. The molecular weight excluding hydrogens is 433 g/mol. The van der Waals surface area contributed by atoms with E-state index in [4.69, 9.17) is 14.2 Å². The van der Waals surface area contributed by atoms with Gasteiger partial charge in [0.05, 0.1) is 31.3 Å². The van der Waals surface area contributed by atoms with Crippen molar-refractivity contribution in [3.63, 3.8) is 0 Å². The number of esters is 1. The Morgan fingerprint density at radius 1 is 1.25 bits per heavy atom. The van der Waals surface area contributed by atoms with Crippen molar-refractivity contribution in [3.05, 3.63) is 35.6 Å². The number of rotatable bonds is 11. The van der Waals surface area contributed by atoms with Gasteiger partial charge in [0.15, 0.2) is 5.79 Å². The van der Waals surface area contributed by atoms with E-state index < -0.39 is 33.4 Å². The van der Waals surface area contributed by atoms with Crippen LogP contribution in [0.3, 0.4) is 0 Å². The number of nitrogens with one attached hydrogen (secondary N) is 1. The number of halogens is 1. The summed E-state index contributed by atoms with van der Waals surface area (Å²) in [5.41, 5.74) is -0.265. The van der Waals surface area contributed by atoms with E-state index in [2.05, 4.69) is 4.72 Å². The molecule has 1 saturated heterocycles. The Hall–Kier alpha value is -1.19. The van der Waals surface area contributed by atoms with Crippen molar-refractivity contribution in [1.82, 2.24) is 4.72 Å². The lowest BCUT2D eigenvalue weighted by Crippen LogP contribution is -2.55. The second-order valence-corrected chi connectivity index (χ2v) is 11.1. The van der Waals surface area contributed by atoms with Crippen molar-refractivity contribution in [2.75, 3.05) is 19.8 Å². The molecule has 1 fully saturated rings. The normalized spacial score (nSPS) is 18.4. The molecule has 1 aliphatic rings. The third-order valence-corrected chi connectivity index (χ3v) is 7.81. The molecule has 0 spiro atoms. The zero-order valence-corrected chi connectivity index (χ0v) is 21.0. The van der Waals surface area contributed by atoms with Crippen LogP contribution in [0.4, 0.5) is 4.39 Å². The van der Waals surface area contributed by atoms with Crippen LogP contribution in [0.2, 0.25) is 0 Å². The standard InChI is InChI=1S/C24H38FNO5S/c1-7-23(8-2,21(27)29-9-3)20(26-32(28)22(4,5)6)13-14-24(30-15-16-31-24)18-11-10-12-19(25)17-18/h10-12,17,20,26H,7-9,13-16H2,1-6H3/t20-,32?/m1/s1. The Morgan fingerprint density at radius 2 is 1.88 bits per heavy atom. The minimum atomic E-state index is -1.40. The molecule has 32 heavy (non-hydrogen) atoms. The maximum atomic E-state index is 14.0. The number of benzene rings is 1. The fourth-order valence-corrected chi connectivity index (χ4v) is 5.13. The van der Waals surface area contributed by atoms with Gasteiger partial charge in [0.1, 0.15) is 10.6 Å². The van der Waals surface area contributed by atoms with Crippen LogP contribution in [0.15, 0.2) is 24.3 Å². The fourth-order valence-electron chi connectivity index (χ4n) is 4.17. The average molecular weight is 472 g/mol. The summed E-state index contributed by atoms with van der Waals surface area (Å²) < 4.78 is 47.1. The smallest absolute Gasteiger partial charge is 0.313 e. The first kappa shape index (κ1) is 27.1. The highest BCUT2D eigenvalue weighted by Gasteiger charge is 2.49. The average Bonchev–Trinajstić information content (AvgIpc) is 3.22. The molecule has 1 aromatic rings. The second kappa shape index (κ2) is 11.3. The molecule has 6 nitrogen and oxygen atoms in total. The first-order valence-electron chi connectivity index (χ1n) is 11.4. The van der Waals surface area contributed by atoms with Crippen molar-refractivity contribution in [3.8, 4) is 0 Å². The number of hydrogen-bond acceptors (Lipinski definition) is 6. The van der Waals surface area contributed by atoms with E-state index in [0.717, 1.165) is 0 Å². The third-order valence-electron chi connectivity index (χ3n) is 6.20. The summed E-state index contributed by atoms with van der Waals surface area (Å²) in [7, 11) is 0. The van der Waals surface area contributed by atoms with Crippen LogP contribution in [-0.4, -0.2) is 41.1 Å². The molecule has 1 heterocycles. The SMILES string of the molecule is CCOC(=O)C(CC)(CC)[C@@H](CCC1(c2cccc(F)c2)OCCO1)N[S+]([O-])C(C)(C)C. The monoisotopic (exact) mass is 471 g/mol. The molecule has 0 aliphatic carbocycles. The fraction of sp³-hybridized carbons (Fsp3) is 0.708. The van der Waals surface area contributed by atoms with Gasteiger partial charge < -0.3 is 18.8 Å². The number of carbonyl (C=O) groups is 1. The van der Waals surface area contributed by atoms with Crippen LogP contribution in [-0.2, 0) is 36.2 Å². The predicted octanol–water partition coefficient (Wildman–Crippen LogP) is 4.60. The van der Waals surface area contributed by atoms with Gasteiger partial charge in [0.2, 0.25) is 0 Å². The van der Waals surface area contributed by atoms with Gasteiger partial charge in [-0.2, -0.15) is 0 Å². The first-order chi connectivity index (χ1) is 15.0. The zero-order chi connectivity index (χ0) is 24.0.